The first-order valence-electron chi connectivity index (χ1n) is 12.2. The van der Waals surface area contributed by atoms with Crippen molar-refractivity contribution in [2.75, 3.05) is 13.1 Å². The number of thiazole rings is 1. The van der Waals surface area contributed by atoms with Gasteiger partial charge in [0.1, 0.15) is 0 Å². The van der Waals surface area contributed by atoms with Crippen LogP contribution in [-0.4, -0.2) is 29.9 Å². The number of hydrogen-bond donors (Lipinski definition) is 2. The highest BCUT2D eigenvalue weighted by Gasteiger charge is 2.14. The summed E-state index contributed by atoms with van der Waals surface area (Å²) in [5, 5.41) is 6.01. The number of nitrogens with one attached hydrogen (secondary N) is 2. The van der Waals surface area contributed by atoms with E-state index >= 15 is 0 Å². The average Bonchev–Trinajstić information content (AvgIpc) is 3.49. The molecule has 178 valence electrons. The zero-order valence-electron chi connectivity index (χ0n) is 20.0. The van der Waals surface area contributed by atoms with Gasteiger partial charge in [-0.25, -0.2) is 4.98 Å². The number of unbranched alkanes of at least 4 members (excludes halogenated alkanes) is 1. The number of benzene rings is 2. The Hall–Kier alpha value is -2.99. The van der Waals surface area contributed by atoms with Crippen molar-refractivity contribution in [2.45, 2.75) is 58.3 Å². The maximum absolute atomic E-state index is 12.4. The summed E-state index contributed by atoms with van der Waals surface area (Å²) in [7, 11) is 0. The number of carbonyl (C=O) groups is 2. The van der Waals surface area contributed by atoms with Crippen LogP contribution in [0.4, 0.5) is 0 Å². The topological polar surface area (TPSA) is 71.1 Å². The molecule has 1 heterocycles. The molecule has 5 nitrogen and oxygen atoms in total. The normalized spacial score (nSPS) is 13.4. The van der Waals surface area contributed by atoms with Crippen molar-refractivity contribution in [2.24, 2.45) is 0 Å². The molecule has 0 bridgehead atoms. The van der Waals surface area contributed by atoms with Crippen LogP contribution in [-0.2, 0) is 17.6 Å². The van der Waals surface area contributed by atoms with Crippen LogP contribution in [0, 0.1) is 6.92 Å². The Bertz CT molecular complexity index is 1140. The summed E-state index contributed by atoms with van der Waals surface area (Å²) >= 11 is 1.65. The fourth-order valence-electron chi connectivity index (χ4n) is 4.50. The summed E-state index contributed by atoms with van der Waals surface area (Å²) in [4.78, 5) is 30.2. The Morgan fingerprint density at radius 3 is 2.47 bits per heavy atom. The molecule has 4 rings (SSSR count). The monoisotopic (exact) mass is 475 g/mol. The van der Waals surface area contributed by atoms with Crippen LogP contribution in [0.15, 0.2) is 48.0 Å². The second-order valence-corrected chi connectivity index (χ2v) is 10.00. The van der Waals surface area contributed by atoms with Crippen molar-refractivity contribution < 1.29 is 9.59 Å². The van der Waals surface area contributed by atoms with E-state index in [0.29, 0.717) is 19.5 Å². The molecule has 0 saturated carbocycles. The molecule has 0 spiro atoms. The van der Waals surface area contributed by atoms with Gasteiger partial charge in [-0.1, -0.05) is 37.3 Å². The first-order chi connectivity index (χ1) is 16.5. The molecule has 1 atom stereocenters. The van der Waals surface area contributed by atoms with Crippen molar-refractivity contribution in [3.05, 3.63) is 75.9 Å². The second-order valence-electron chi connectivity index (χ2n) is 9.14. The third-order valence-corrected chi connectivity index (χ3v) is 7.53. The van der Waals surface area contributed by atoms with Gasteiger partial charge in [-0.2, -0.15) is 0 Å². The first-order valence-corrected chi connectivity index (χ1v) is 13.1. The number of aromatic nitrogens is 1. The van der Waals surface area contributed by atoms with Gasteiger partial charge in [0.25, 0.3) is 5.91 Å². The van der Waals surface area contributed by atoms with E-state index in [4.69, 9.17) is 0 Å². The Morgan fingerprint density at radius 2 is 1.74 bits per heavy atom. The highest BCUT2D eigenvalue weighted by Crippen LogP contribution is 2.29. The van der Waals surface area contributed by atoms with E-state index < -0.39 is 0 Å². The third-order valence-electron chi connectivity index (χ3n) is 6.55. The molecule has 2 aromatic carbocycles. The second kappa shape index (κ2) is 11.4. The molecule has 1 aromatic heterocycles. The van der Waals surface area contributed by atoms with E-state index in [1.165, 1.54) is 28.0 Å². The minimum Gasteiger partial charge on any atom is -0.356 e. The lowest BCUT2D eigenvalue weighted by Crippen LogP contribution is -2.28. The van der Waals surface area contributed by atoms with E-state index in [1.807, 2.05) is 24.6 Å². The highest BCUT2D eigenvalue weighted by atomic mass is 32.1. The third kappa shape index (κ3) is 6.11. The average molecular weight is 476 g/mol. The molecule has 0 saturated heterocycles. The van der Waals surface area contributed by atoms with Crippen LogP contribution in [0.3, 0.4) is 0 Å². The maximum Gasteiger partial charge on any atom is 0.251 e. The molecule has 0 aliphatic heterocycles. The first kappa shape index (κ1) is 24.1. The summed E-state index contributed by atoms with van der Waals surface area (Å²) in [6.07, 6.45) is 5.53. The molecular weight excluding hydrogens is 442 g/mol. The molecule has 1 aliphatic rings. The van der Waals surface area contributed by atoms with E-state index in [2.05, 4.69) is 52.9 Å². The molecule has 0 unspecified atom stereocenters. The summed E-state index contributed by atoms with van der Waals surface area (Å²) in [6, 6.07) is 14.5. The number of aryl methyl sites for hydroxylation is 3. The smallest absolute Gasteiger partial charge is 0.251 e. The molecule has 1 aliphatic carbocycles. The standard InChI is InChI=1S/C28H33N3O2S/c1-19(21-8-11-23(12-9-21)27-20(2)31-18-34-27)16-26(32)29-14-3-4-15-30-28(33)25-13-10-22-6-5-7-24(22)17-25/h8-13,17-19H,3-7,14-16H2,1-2H3,(H,29,32)(H,30,33)/t19-/m0/s1. The summed E-state index contributed by atoms with van der Waals surface area (Å²) in [6.45, 7) is 5.35. The van der Waals surface area contributed by atoms with Crippen LogP contribution >= 0.6 is 11.3 Å². The fourth-order valence-corrected chi connectivity index (χ4v) is 5.32. The van der Waals surface area contributed by atoms with Crippen molar-refractivity contribution in [1.29, 1.82) is 0 Å². The largest absolute Gasteiger partial charge is 0.356 e. The SMILES string of the molecule is Cc1ncsc1-c1ccc([C@@H](C)CC(=O)NCCCCNC(=O)c2ccc3c(c2)CCC3)cc1. The molecule has 0 fully saturated rings. The Balaban J connectivity index is 1.12. The lowest BCUT2D eigenvalue weighted by atomic mass is 9.96. The molecule has 2 amide bonds. The molecule has 3 aromatic rings. The number of nitrogens with zero attached hydrogens (tertiary/aromatic N) is 1. The summed E-state index contributed by atoms with van der Waals surface area (Å²) in [5.74, 6) is 0.212. The fraction of sp³-hybridized carbons (Fsp3) is 0.393. The molecule has 6 heteroatoms. The Kier molecular flexibility index (Phi) is 8.12. The molecule has 0 radical (unpaired) electrons. The number of rotatable bonds is 10. The van der Waals surface area contributed by atoms with Crippen LogP contribution in [0.2, 0.25) is 0 Å². The minimum absolute atomic E-state index is 0.0101. The van der Waals surface area contributed by atoms with Crippen LogP contribution < -0.4 is 10.6 Å². The lowest BCUT2D eigenvalue weighted by Gasteiger charge is -2.13. The van der Waals surface area contributed by atoms with E-state index in [1.54, 1.807) is 11.3 Å². The van der Waals surface area contributed by atoms with Crippen LogP contribution in [0.5, 0.6) is 0 Å². The van der Waals surface area contributed by atoms with Gasteiger partial charge >= 0.3 is 0 Å². The van der Waals surface area contributed by atoms with Gasteiger partial charge in [-0.3, -0.25) is 9.59 Å². The number of carbonyl (C=O) groups excluding carboxylic acids is 2. The van der Waals surface area contributed by atoms with Gasteiger partial charge in [0.15, 0.2) is 0 Å². The van der Waals surface area contributed by atoms with Gasteiger partial charge < -0.3 is 10.6 Å². The predicted octanol–water partition coefficient (Wildman–Crippen LogP) is 5.43. The van der Waals surface area contributed by atoms with Gasteiger partial charge in [0.2, 0.25) is 5.91 Å². The van der Waals surface area contributed by atoms with Crippen LogP contribution in [0.1, 0.15) is 71.3 Å². The minimum atomic E-state index is -0.0101. The Labute approximate surface area is 206 Å². The van der Waals surface area contributed by atoms with E-state index in [0.717, 1.165) is 42.5 Å². The van der Waals surface area contributed by atoms with Gasteiger partial charge in [0, 0.05) is 25.1 Å². The highest BCUT2D eigenvalue weighted by molar-refractivity contribution is 7.13. The summed E-state index contributed by atoms with van der Waals surface area (Å²) in [5.41, 5.74) is 8.69. The van der Waals surface area contributed by atoms with Crippen molar-refractivity contribution in [3.63, 3.8) is 0 Å². The van der Waals surface area contributed by atoms with Gasteiger partial charge in [0.05, 0.1) is 16.1 Å². The van der Waals surface area contributed by atoms with Crippen molar-refractivity contribution >= 4 is 23.2 Å². The van der Waals surface area contributed by atoms with Crippen LogP contribution in [0.25, 0.3) is 10.4 Å². The molecular formula is C28H33N3O2S. The molecule has 2 N–H and O–H groups in total. The predicted molar refractivity (Wildman–Crippen MR) is 138 cm³/mol. The van der Waals surface area contributed by atoms with Crippen molar-refractivity contribution in [3.8, 4) is 10.4 Å². The lowest BCUT2D eigenvalue weighted by molar-refractivity contribution is -0.121. The Morgan fingerprint density at radius 1 is 1.00 bits per heavy atom. The number of fused-ring (bicyclic) bond motifs is 1. The van der Waals surface area contributed by atoms with Gasteiger partial charge in [-0.05, 0) is 79.3 Å². The molecule has 34 heavy (non-hydrogen) atoms. The van der Waals surface area contributed by atoms with E-state index in [-0.39, 0.29) is 17.7 Å². The zero-order valence-corrected chi connectivity index (χ0v) is 20.8. The van der Waals surface area contributed by atoms with Gasteiger partial charge in [-0.15, -0.1) is 11.3 Å². The van der Waals surface area contributed by atoms with E-state index in [9.17, 15) is 9.59 Å². The van der Waals surface area contributed by atoms with Crippen molar-refractivity contribution in [1.82, 2.24) is 15.6 Å². The zero-order chi connectivity index (χ0) is 23.9. The number of amides is 2. The maximum atomic E-state index is 12.4. The number of hydrogen-bond acceptors (Lipinski definition) is 4. The quantitative estimate of drug-likeness (QED) is 0.384. The summed E-state index contributed by atoms with van der Waals surface area (Å²) < 4.78 is 0.